The highest BCUT2D eigenvalue weighted by Gasteiger charge is 2.38. The summed E-state index contributed by atoms with van der Waals surface area (Å²) in [5, 5.41) is 12.6. The summed E-state index contributed by atoms with van der Waals surface area (Å²) >= 11 is 0. The molecule has 0 spiro atoms. The van der Waals surface area contributed by atoms with Crippen molar-refractivity contribution < 1.29 is 5.21 Å². The molecule has 1 aliphatic carbocycles. The molecule has 1 aliphatic heterocycles. The molecule has 2 atom stereocenters. The van der Waals surface area contributed by atoms with Crippen molar-refractivity contribution in [1.82, 2.24) is 4.90 Å². The molecule has 3 heteroatoms. The van der Waals surface area contributed by atoms with Gasteiger partial charge in [0.2, 0.25) is 0 Å². The Morgan fingerprint density at radius 1 is 1.22 bits per heavy atom. The minimum atomic E-state index is 0.493. The van der Waals surface area contributed by atoms with Gasteiger partial charge in [0.25, 0.3) is 0 Å². The van der Waals surface area contributed by atoms with Crippen LogP contribution in [0.3, 0.4) is 0 Å². The number of hydrogen-bond acceptors (Lipinski definition) is 3. The lowest BCUT2D eigenvalue weighted by molar-refractivity contribution is 0.304. The van der Waals surface area contributed by atoms with Crippen LogP contribution in [0, 0.1) is 11.8 Å². The summed E-state index contributed by atoms with van der Waals surface area (Å²) in [5.41, 5.74) is 2.40. The average Bonchev–Trinajstić information content (AvgIpc) is 2.82. The van der Waals surface area contributed by atoms with Gasteiger partial charge >= 0.3 is 0 Å². The molecule has 2 fully saturated rings. The van der Waals surface area contributed by atoms with E-state index in [0.717, 1.165) is 31.8 Å². The first kappa shape index (κ1) is 11.7. The van der Waals surface area contributed by atoms with E-state index in [1.165, 1.54) is 18.4 Å². The fraction of sp³-hybridized carbons (Fsp3) is 0.533. The van der Waals surface area contributed by atoms with Gasteiger partial charge in [-0.15, -0.1) is 0 Å². The number of oxime groups is 1. The maximum absolute atomic E-state index is 9.08. The number of nitrogens with zero attached hydrogens (tertiary/aromatic N) is 2. The van der Waals surface area contributed by atoms with Crippen LogP contribution in [-0.2, 0) is 6.54 Å². The molecule has 1 N–H and O–H groups in total. The Hall–Kier alpha value is -1.35. The second kappa shape index (κ2) is 5.11. The molecular weight excluding hydrogens is 224 g/mol. The molecule has 0 aromatic heterocycles. The molecule has 1 saturated carbocycles. The minimum absolute atomic E-state index is 0.493. The zero-order valence-electron chi connectivity index (χ0n) is 10.6. The van der Waals surface area contributed by atoms with E-state index in [4.69, 9.17) is 5.21 Å². The Balaban J connectivity index is 1.67. The summed E-state index contributed by atoms with van der Waals surface area (Å²) < 4.78 is 0. The van der Waals surface area contributed by atoms with E-state index in [2.05, 4.69) is 40.4 Å². The van der Waals surface area contributed by atoms with Gasteiger partial charge in [0, 0.05) is 25.6 Å². The molecule has 0 amide bonds. The van der Waals surface area contributed by atoms with Crippen molar-refractivity contribution in [2.75, 3.05) is 13.1 Å². The Labute approximate surface area is 108 Å². The fourth-order valence-electron chi connectivity index (χ4n) is 3.46. The summed E-state index contributed by atoms with van der Waals surface area (Å²) in [4.78, 5) is 2.50. The topological polar surface area (TPSA) is 35.8 Å². The van der Waals surface area contributed by atoms with Crippen molar-refractivity contribution in [3.8, 4) is 0 Å². The smallest absolute Gasteiger partial charge is 0.0617 e. The third kappa shape index (κ3) is 2.27. The van der Waals surface area contributed by atoms with E-state index in [9.17, 15) is 0 Å². The summed E-state index contributed by atoms with van der Waals surface area (Å²) in [7, 11) is 0. The number of benzene rings is 1. The van der Waals surface area contributed by atoms with Gasteiger partial charge in [0.05, 0.1) is 5.71 Å². The molecule has 3 rings (SSSR count). The SMILES string of the molecule is O/N=C1\CCCC2CN(Cc3ccccc3)CC12. The lowest BCUT2D eigenvalue weighted by Gasteiger charge is -2.24. The van der Waals surface area contributed by atoms with Crippen molar-refractivity contribution in [2.45, 2.75) is 25.8 Å². The lowest BCUT2D eigenvalue weighted by Crippen LogP contribution is -2.27. The first-order valence-corrected chi connectivity index (χ1v) is 6.84. The molecule has 0 radical (unpaired) electrons. The molecule has 18 heavy (non-hydrogen) atoms. The van der Waals surface area contributed by atoms with Crippen molar-refractivity contribution >= 4 is 5.71 Å². The summed E-state index contributed by atoms with van der Waals surface area (Å²) in [5.74, 6) is 1.20. The molecule has 2 unspecified atom stereocenters. The molecule has 1 aromatic carbocycles. The normalized spacial score (nSPS) is 30.6. The van der Waals surface area contributed by atoms with Crippen LogP contribution < -0.4 is 0 Å². The third-order valence-electron chi connectivity index (χ3n) is 4.33. The van der Waals surface area contributed by atoms with Crippen molar-refractivity contribution in [1.29, 1.82) is 0 Å². The number of likely N-dealkylation sites (tertiary alicyclic amines) is 1. The molecule has 3 nitrogen and oxygen atoms in total. The zero-order chi connectivity index (χ0) is 12.4. The van der Waals surface area contributed by atoms with E-state index in [0.29, 0.717) is 11.8 Å². The van der Waals surface area contributed by atoms with Crippen LogP contribution in [0.25, 0.3) is 0 Å². The van der Waals surface area contributed by atoms with Gasteiger partial charge in [-0.05, 0) is 30.7 Å². The van der Waals surface area contributed by atoms with Gasteiger partial charge in [0.1, 0.15) is 0 Å². The van der Waals surface area contributed by atoms with Crippen LogP contribution in [0.2, 0.25) is 0 Å². The van der Waals surface area contributed by atoms with E-state index in [1.807, 2.05) is 0 Å². The molecular formula is C15H20N2O. The van der Waals surface area contributed by atoms with Crippen LogP contribution in [0.4, 0.5) is 0 Å². The highest BCUT2D eigenvalue weighted by Crippen LogP contribution is 2.35. The van der Waals surface area contributed by atoms with Gasteiger partial charge < -0.3 is 5.21 Å². The molecule has 1 heterocycles. The Kier molecular flexibility index (Phi) is 3.33. The monoisotopic (exact) mass is 244 g/mol. The summed E-state index contributed by atoms with van der Waals surface area (Å²) in [6.07, 6.45) is 3.45. The van der Waals surface area contributed by atoms with Crippen LogP contribution in [0.1, 0.15) is 24.8 Å². The quantitative estimate of drug-likeness (QED) is 0.641. The minimum Gasteiger partial charge on any atom is -0.411 e. The third-order valence-corrected chi connectivity index (χ3v) is 4.33. The number of fused-ring (bicyclic) bond motifs is 1. The zero-order valence-corrected chi connectivity index (χ0v) is 10.6. The Morgan fingerprint density at radius 3 is 2.83 bits per heavy atom. The first-order valence-electron chi connectivity index (χ1n) is 6.84. The Morgan fingerprint density at radius 2 is 2.06 bits per heavy atom. The standard InChI is InChI=1S/C15H20N2O/c18-16-15-8-4-7-13-10-17(11-14(13)15)9-12-5-2-1-3-6-12/h1-3,5-6,13-14,18H,4,7-11H2/b16-15+. The maximum Gasteiger partial charge on any atom is 0.0617 e. The lowest BCUT2D eigenvalue weighted by atomic mass is 9.80. The van der Waals surface area contributed by atoms with Gasteiger partial charge in [0.15, 0.2) is 0 Å². The highest BCUT2D eigenvalue weighted by atomic mass is 16.4. The van der Waals surface area contributed by atoms with E-state index in [-0.39, 0.29) is 0 Å². The van der Waals surface area contributed by atoms with Gasteiger partial charge in [-0.2, -0.15) is 0 Å². The fourth-order valence-corrected chi connectivity index (χ4v) is 3.46. The van der Waals surface area contributed by atoms with Crippen LogP contribution in [-0.4, -0.2) is 28.9 Å². The maximum atomic E-state index is 9.08. The first-order chi connectivity index (χ1) is 8.86. The van der Waals surface area contributed by atoms with Crippen molar-refractivity contribution in [3.05, 3.63) is 35.9 Å². The van der Waals surface area contributed by atoms with Crippen molar-refractivity contribution in [2.24, 2.45) is 17.0 Å². The average molecular weight is 244 g/mol. The predicted octanol–water partition coefficient (Wildman–Crippen LogP) is 2.75. The number of rotatable bonds is 2. The van der Waals surface area contributed by atoms with Crippen LogP contribution >= 0.6 is 0 Å². The predicted molar refractivity (Wildman–Crippen MR) is 71.8 cm³/mol. The molecule has 96 valence electrons. The van der Waals surface area contributed by atoms with E-state index in [1.54, 1.807) is 0 Å². The summed E-state index contributed by atoms with van der Waals surface area (Å²) in [6.45, 7) is 3.23. The van der Waals surface area contributed by atoms with E-state index < -0.39 is 0 Å². The second-order valence-corrected chi connectivity index (χ2v) is 5.53. The molecule has 1 aromatic rings. The second-order valence-electron chi connectivity index (χ2n) is 5.53. The molecule has 2 aliphatic rings. The number of hydrogen-bond donors (Lipinski definition) is 1. The van der Waals surface area contributed by atoms with Crippen LogP contribution in [0.15, 0.2) is 35.5 Å². The van der Waals surface area contributed by atoms with Gasteiger partial charge in [-0.1, -0.05) is 35.5 Å². The van der Waals surface area contributed by atoms with Gasteiger partial charge in [-0.3, -0.25) is 4.90 Å². The highest BCUT2D eigenvalue weighted by molar-refractivity contribution is 5.87. The molecule has 1 saturated heterocycles. The summed E-state index contributed by atoms with van der Waals surface area (Å²) in [6, 6.07) is 10.6. The van der Waals surface area contributed by atoms with E-state index >= 15 is 0 Å². The van der Waals surface area contributed by atoms with Crippen molar-refractivity contribution in [3.63, 3.8) is 0 Å². The van der Waals surface area contributed by atoms with Gasteiger partial charge in [-0.25, -0.2) is 0 Å². The molecule has 0 bridgehead atoms. The largest absolute Gasteiger partial charge is 0.411 e. The Bertz CT molecular complexity index is 429. The van der Waals surface area contributed by atoms with Crippen LogP contribution in [0.5, 0.6) is 0 Å².